The van der Waals surface area contributed by atoms with Crippen molar-refractivity contribution in [2.24, 2.45) is 0 Å². The van der Waals surface area contributed by atoms with Crippen LogP contribution in [-0.4, -0.2) is 23.0 Å². The normalized spacial score (nSPS) is 18.7. The Balaban J connectivity index is 1.93. The molecule has 1 aromatic heterocycles. The molecule has 0 aliphatic carbocycles. The summed E-state index contributed by atoms with van der Waals surface area (Å²) in [6.07, 6.45) is 4.34. The molecule has 1 aliphatic rings. The van der Waals surface area contributed by atoms with Gasteiger partial charge in [0.2, 0.25) is 0 Å². The van der Waals surface area contributed by atoms with Crippen LogP contribution in [0.2, 0.25) is 0 Å². The summed E-state index contributed by atoms with van der Waals surface area (Å²) in [6.45, 7) is 2.23. The van der Waals surface area contributed by atoms with Gasteiger partial charge >= 0.3 is 0 Å². The highest BCUT2D eigenvalue weighted by molar-refractivity contribution is 7.09. The van der Waals surface area contributed by atoms with Crippen LogP contribution < -0.4 is 0 Å². The maximum atomic E-state index is 12.9. The Morgan fingerprint density at radius 3 is 3.23 bits per heavy atom. The minimum absolute atomic E-state index is 0.00392. The molecule has 0 saturated heterocycles. The van der Waals surface area contributed by atoms with E-state index in [0.717, 1.165) is 19.5 Å². The van der Waals surface area contributed by atoms with Gasteiger partial charge in [0.15, 0.2) is 0 Å². The molecular weight excluding hydrogens is 187 g/mol. The Morgan fingerprint density at radius 1 is 1.62 bits per heavy atom. The summed E-state index contributed by atoms with van der Waals surface area (Å²) in [6, 6.07) is 0. The molecule has 2 nitrogen and oxygen atoms in total. The molecule has 2 heterocycles. The highest BCUT2D eigenvalue weighted by atomic mass is 32.1. The molecule has 2 rings (SSSR count). The molecule has 1 aromatic rings. The van der Waals surface area contributed by atoms with Crippen molar-refractivity contribution in [2.45, 2.75) is 13.0 Å². The van der Waals surface area contributed by atoms with Crippen LogP contribution in [0, 0.1) is 0 Å². The average Bonchev–Trinajstić information content (AvgIpc) is 2.57. The van der Waals surface area contributed by atoms with E-state index in [1.54, 1.807) is 17.4 Å². The first-order valence-corrected chi connectivity index (χ1v) is 5.17. The maximum absolute atomic E-state index is 12.9. The molecule has 0 unspecified atom stereocenters. The molecule has 13 heavy (non-hydrogen) atoms. The molecule has 4 heteroatoms. The summed E-state index contributed by atoms with van der Waals surface area (Å²) in [5, 5.41) is 0. The van der Waals surface area contributed by atoms with Crippen molar-refractivity contribution in [1.82, 2.24) is 9.88 Å². The van der Waals surface area contributed by atoms with E-state index in [2.05, 4.69) is 9.88 Å². The van der Waals surface area contributed by atoms with Crippen LogP contribution in [0.4, 0.5) is 4.39 Å². The van der Waals surface area contributed by atoms with Gasteiger partial charge in [-0.15, -0.1) is 11.3 Å². The third-order valence-corrected chi connectivity index (χ3v) is 2.81. The number of hydrogen-bond acceptors (Lipinski definition) is 3. The molecule has 1 aliphatic heterocycles. The van der Waals surface area contributed by atoms with E-state index in [1.165, 1.54) is 4.88 Å². The molecule has 0 saturated carbocycles. The van der Waals surface area contributed by atoms with Gasteiger partial charge in [0, 0.05) is 24.2 Å². The van der Waals surface area contributed by atoms with E-state index in [-0.39, 0.29) is 5.83 Å². The monoisotopic (exact) mass is 198 g/mol. The molecule has 70 valence electrons. The number of rotatable bonds is 2. The van der Waals surface area contributed by atoms with Crippen LogP contribution >= 0.6 is 11.3 Å². The molecule has 0 bridgehead atoms. The standard InChI is InChI=1S/C9H11FN2S/c10-8-2-1-3-12(5-8)6-9-4-11-7-13-9/h2,4,7H,1,3,5-6H2. The Labute approximate surface area is 80.7 Å². The summed E-state index contributed by atoms with van der Waals surface area (Å²) in [5.74, 6) is -0.00392. The SMILES string of the molecule is FC1=CCCN(Cc2cncs2)C1. The zero-order valence-electron chi connectivity index (χ0n) is 7.24. The van der Waals surface area contributed by atoms with Crippen molar-refractivity contribution >= 4 is 11.3 Å². The fraction of sp³-hybridized carbons (Fsp3) is 0.444. The first kappa shape index (κ1) is 8.84. The zero-order valence-corrected chi connectivity index (χ0v) is 8.06. The lowest BCUT2D eigenvalue weighted by Crippen LogP contribution is -2.28. The van der Waals surface area contributed by atoms with Crippen molar-refractivity contribution in [3.63, 3.8) is 0 Å². The molecule has 0 radical (unpaired) electrons. The minimum atomic E-state index is -0.00392. The van der Waals surface area contributed by atoms with E-state index < -0.39 is 0 Å². The smallest absolute Gasteiger partial charge is 0.110 e. The van der Waals surface area contributed by atoms with Crippen LogP contribution in [0.25, 0.3) is 0 Å². The topological polar surface area (TPSA) is 16.1 Å². The van der Waals surface area contributed by atoms with Crippen molar-refractivity contribution in [3.05, 3.63) is 28.5 Å². The first-order valence-electron chi connectivity index (χ1n) is 4.29. The number of halogens is 1. The van der Waals surface area contributed by atoms with Crippen molar-refractivity contribution < 1.29 is 4.39 Å². The van der Waals surface area contributed by atoms with Gasteiger partial charge in [-0.2, -0.15) is 0 Å². The molecule has 0 spiro atoms. The molecule has 0 N–H and O–H groups in total. The summed E-state index contributed by atoms with van der Waals surface area (Å²) in [7, 11) is 0. The van der Waals surface area contributed by atoms with Crippen LogP contribution in [0.5, 0.6) is 0 Å². The van der Waals surface area contributed by atoms with Crippen molar-refractivity contribution in [1.29, 1.82) is 0 Å². The maximum Gasteiger partial charge on any atom is 0.110 e. The van der Waals surface area contributed by atoms with Crippen molar-refractivity contribution in [3.8, 4) is 0 Å². The Morgan fingerprint density at radius 2 is 2.54 bits per heavy atom. The highest BCUT2D eigenvalue weighted by Crippen LogP contribution is 2.15. The summed E-state index contributed by atoms with van der Waals surface area (Å²) in [5.41, 5.74) is 1.81. The fourth-order valence-corrected chi connectivity index (χ4v) is 2.07. The van der Waals surface area contributed by atoms with E-state index in [0.29, 0.717) is 6.54 Å². The lowest BCUT2D eigenvalue weighted by Gasteiger charge is -2.23. The van der Waals surface area contributed by atoms with Crippen LogP contribution in [0.15, 0.2) is 23.6 Å². The second-order valence-corrected chi connectivity index (χ2v) is 4.09. The minimum Gasteiger partial charge on any atom is -0.291 e. The lowest BCUT2D eigenvalue weighted by molar-refractivity contribution is 0.261. The van der Waals surface area contributed by atoms with Crippen LogP contribution in [0.3, 0.4) is 0 Å². The van der Waals surface area contributed by atoms with Gasteiger partial charge in [-0.25, -0.2) is 4.39 Å². The third-order valence-electron chi connectivity index (χ3n) is 2.05. The second kappa shape index (κ2) is 3.98. The molecule has 0 atom stereocenters. The predicted molar refractivity (Wildman–Crippen MR) is 51.2 cm³/mol. The Bertz CT molecular complexity index is 295. The summed E-state index contributed by atoms with van der Waals surface area (Å²) < 4.78 is 12.9. The van der Waals surface area contributed by atoms with E-state index in [1.807, 2.05) is 11.7 Å². The summed E-state index contributed by atoms with van der Waals surface area (Å²) >= 11 is 1.62. The number of hydrogen-bond donors (Lipinski definition) is 0. The van der Waals surface area contributed by atoms with E-state index in [9.17, 15) is 4.39 Å². The zero-order chi connectivity index (χ0) is 9.10. The van der Waals surface area contributed by atoms with Gasteiger partial charge in [0.05, 0.1) is 12.1 Å². The van der Waals surface area contributed by atoms with Crippen LogP contribution in [-0.2, 0) is 6.54 Å². The fourth-order valence-electron chi connectivity index (χ4n) is 1.44. The number of thiazole rings is 1. The van der Waals surface area contributed by atoms with Gasteiger partial charge in [-0.1, -0.05) is 6.08 Å². The molecular formula is C9H11FN2S. The van der Waals surface area contributed by atoms with Crippen molar-refractivity contribution in [2.75, 3.05) is 13.1 Å². The Hall–Kier alpha value is -0.740. The largest absolute Gasteiger partial charge is 0.291 e. The van der Waals surface area contributed by atoms with E-state index in [4.69, 9.17) is 0 Å². The predicted octanol–water partition coefficient (Wildman–Crippen LogP) is 2.20. The summed E-state index contributed by atoms with van der Waals surface area (Å²) in [4.78, 5) is 7.29. The number of aromatic nitrogens is 1. The van der Waals surface area contributed by atoms with Crippen LogP contribution in [0.1, 0.15) is 11.3 Å². The first-order chi connectivity index (χ1) is 6.34. The van der Waals surface area contributed by atoms with Gasteiger partial charge in [0.25, 0.3) is 0 Å². The molecule has 0 fully saturated rings. The van der Waals surface area contributed by atoms with Gasteiger partial charge < -0.3 is 0 Å². The molecule has 0 amide bonds. The van der Waals surface area contributed by atoms with Gasteiger partial charge in [-0.05, 0) is 6.42 Å². The van der Waals surface area contributed by atoms with Gasteiger partial charge in [0.1, 0.15) is 5.83 Å². The Kier molecular flexibility index (Phi) is 2.71. The lowest BCUT2D eigenvalue weighted by atomic mass is 10.2. The highest BCUT2D eigenvalue weighted by Gasteiger charge is 2.12. The molecule has 0 aromatic carbocycles. The second-order valence-electron chi connectivity index (χ2n) is 3.12. The van der Waals surface area contributed by atoms with Gasteiger partial charge in [-0.3, -0.25) is 9.88 Å². The third kappa shape index (κ3) is 2.35. The quantitative estimate of drug-likeness (QED) is 0.724. The number of nitrogens with zero attached hydrogens (tertiary/aromatic N) is 2. The van der Waals surface area contributed by atoms with E-state index >= 15 is 0 Å². The average molecular weight is 198 g/mol.